The van der Waals surface area contributed by atoms with E-state index in [0.29, 0.717) is 5.69 Å². The lowest BCUT2D eigenvalue weighted by Crippen LogP contribution is -2.20. The highest BCUT2D eigenvalue weighted by atomic mass is 16.2. The van der Waals surface area contributed by atoms with Crippen LogP contribution in [0.2, 0.25) is 0 Å². The average Bonchev–Trinajstić information content (AvgIpc) is 3.13. The van der Waals surface area contributed by atoms with Crippen LogP contribution in [0.5, 0.6) is 0 Å². The molecular weight excluding hydrogens is 338 g/mol. The lowest BCUT2D eigenvalue weighted by Gasteiger charge is -2.15. The molecule has 2 aromatic carbocycles. The van der Waals surface area contributed by atoms with Gasteiger partial charge in [-0.1, -0.05) is 36.4 Å². The van der Waals surface area contributed by atoms with Crippen molar-refractivity contribution in [1.29, 1.82) is 0 Å². The molecule has 0 atom stereocenters. The van der Waals surface area contributed by atoms with E-state index in [-0.39, 0.29) is 5.91 Å². The summed E-state index contributed by atoms with van der Waals surface area (Å²) in [6, 6.07) is 16.1. The van der Waals surface area contributed by atoms with E-state index in [0.717, 1.165) is 40.9 Å². The zero-order valence-corrected chi connectivity index (χ0v) is 15.4. The van der Waals surface area contributed by atoms with Crippen molar-refractivity contribution in [3.63, 3.8) is 0 Å². The van der Waals surface area contributed by atoms with E-state index in [1.54, 1.807) is 6.21 Å². The van der Waals surface area contributed by atoms with E-state index in [1.165, 1.54) is 5.56 Å². The van der Waals surface area contributed by atoms with Gasteiger partial charge in [-0.05, 0) is 36.1 Å². The van der Waals surface area contributed by atoms with Crippen molar-refractivity contribution in [2.24, 2.45) is 5.10 Å². The third kappa shape index (κ3) is 3.33. The molecular formula is C21H21N5O. The van der Waals surface area contributed by atoms with E-state index in [2.05, 4.69) is 26.8 Å². The lowest BCUT2D eigenvalue weighted by atomic mass is 9.89. The first-order valence-electron chi connectivity index (χ1n) is 8.90. The van der Waals surface area contributed by atoms with Crippen molar-refractivity contribution in [3.05, 3.63) is 70.9 Å². The number of amides is 1. The minimum absolute atomic E-state index is 0.274. The number of hydrazone groups is 1. The smallest absolute Gasteiger partial charge is 0.289 e. The number of anilines is 1. The summed E-state index contributed by atoms with van der Waals surface area (Å²) >= 11 is 0. The standard InChI is InChI=1S/C21H21N5O/c1-26(2)16-10-7-14(8-11-16)13-22-25-21(27)20-18-12-9-15-5-3-4-6-17(15)19(18)23-24-20/h3-8,10-11,13H,9,12H2,1-2H3,(H,23,24)(H,25,27)/b22-13-. The van der Waals surface area contributed by atoms with Gasteiger partial charge in [0.15, 0.2) is 0 Å². The van der Waals surface area contributed by atoms with Crippen molar-refractivity contribution in [2.75, 3.05) is 19.0 Å². The second-order valence-corrected chi connectivity index (χ2v) is 6.77. The van der Waals surface area contributed by atoms with Gasteiger partial charge in [-0.25, -0.2) is 5.43 Å². The maximum Gasteiger partial charge on any atom is 0.289 e. The molecule has 6 nitrogen and oxygen atoms in total. The fourth-order valence-electron chi connectivity index (χ4n) is 3.33. The first kappa shape index (κ1) is 17.0. The zero-order chi connectivity index (χ0) is 18.8. The highest BCUT2D eigenvalue weighted by Gasteiger charge is 2.24. The van der Waals surface area contributed by atoms with Crippen LogP contribution < -0.4 is 10.3 Å². The van der Waals surface area contributed by atoms with Crippen LogP contribution in [0.4, 0.5) is 5.69 Å². The topological polar surface area (TPSA) is 73.4 Å². The summed E-state index contributed by atoms with van der Waals surface area (Å²) in [5.74, 6) is -0.274. The van der Waals surface area contributed by atoms with Crippen molar-refractivity contribution in [2.45, 2.75) is 12.8 Å². The quantitative estimate of drug-likeness (QED) is 0.555. The van der Waals surface area contributed by atoms with E-state index < -0.39 is 0 Å². The van der Waals surface area contributed by atoms with Crippen molar-refractivity contribution in [3.8, 4) is 11.3 Å². The summed E-state index contributed by atoms with van der Waals surface area (Å²) in [4.78, 5) is 14.6. The van der Waals surface area contributed by atoms with Crippen LogP contribution in [-0.4, -0.2) is 36.4 Å². The number of rotatable bonds is 4. The monoisotopic (exact) mass is 359 g/mol. The van der Waals surface area contributed by atoms with Crippen LogP contribution in [0, 0.1) is 0 Å². The number of hydrogen-bond acceptors (Lipinski definition) is 4. The van der Waals surface area contributed by atoms with Crippen LogP contribution in [0.15, 0.2) is 53.6 Å². The second kappa shape index (κ2) is 7.07. The molecule has 136 valence electrons. The summed E-state index contributed by atoms with van der Waals surface area (Å²) in [6.45, 7) is 0. The highest BCUT2D eigenvalue weighted by Crippen LogP contribution is 2.33. The molecule has 1 heterocycles. The van der Waals surface area contributed by atoms with Gasteiger partial charge >= 0.3 is 0 Å². The molecule has 0 spiro atoms. The van der Waals surface area contributed by atoms with E-state index >= 15 is 0 Å². The Labute approximate surface area is 157 Å². The van der Waals surface area contributed by atoms with Gasteiger partial charge in [0.05, 0.1) is 11.9 Å². The molecule has 1 aromatic heterocycles. The third-order valence-electron chi connectivity index (χ3n) is 4.80. The Kier molecular flexibility index (Phi) is 4.46. The molecule has 6 heteroatoms. The van der Waals surface area contributed by atoms with Gasteiger partial charge in [0.2, 0.25) is 0 Å². The number of aromatic amines is 1. The Hall–Kier alpha value is -3.41. The van der Waals surface area contributed by atoms with Gasteiger partial charge in [-0.3, -0.25) is 9.89 Å². The Morgan fingerprint density at radius 2 is 1.93 bits per heavy atom. The number of H-pyrrole nitrogens is 1. The molecule has 0 unspecified atom stereocenters. The van der Waals surface area contributed by atoms with Crippen LogP contribution >= 0.6 is 0 Å². The summed E-state index contributed by atoms with van der Waals surface area (Å²) in [5.41, 5.74) is 9.29. The number of hydrogen-bond donors (Lipinski definition) is 2. The van der Waals surface area contributed by atoms with Gasteiger partial charge in [0.1, 0.15) is 5.69 Å². The molecule has 2 N–H and O–H groups in total. The molecule has 0 fully saturated rings. The normalized spacial score (nSPS) is 12.5. The minimum atomic E-state index is -0.274. The van der Waals surface area contributed by atoms with Crippen LogP contribution in [-0.2, 0) is 12.8 Å². The van der Waals surface area contributed by atoms with Crippen LogP contribution in [0.25, 0.3) is 11.3 Å². The van der Waals surface area contributed by atoms with Gasteiger partial charge in [0.25, 0.3) is 5.91 Å². The number of aromatic nitrogens is 2. The molecule has 1 amide bonds. The second-order valence-electron chi connectivity index (χ2n) is 6.77. The molecule has 27 heavy (non-hydrogen) atoms. The van der Waals surface area contributed by atoms with Gasteiger partial charge in [0, 0.05) is 30.9 Å². The molecule has 1 aliphatic carbocycles. The van der Waals surface area contributed by atoms with Crippen molar-refractivity contribution < 1.29 is 4.79 Å². The maximum atomic E-state index is 12.5. The van der Waals surface area contributed by atoms with Crippen molar-refractivity contribution in [1.82, 2.24) is 15.6 Å². The number of benzene rings is 2. The number of carbonyl (C=O) groups excluding carboxylic acids is 1. The molecule has 4 rings (SSSR count). The first-order valence-corrected chi connectivity index (χ1v) is 8.90. The number of aryl methyl sites for hydroxylation is 1. The summed E-state index contributed by atoms with van der Waals surface area (Å²) in [7, 11) is 3.99. The van der Waals surface area contributed by atoms with Crippen LogP contribution in [0.1, 0.15) is 27.2 Å². The maximum absolute atomic E-state index is 12.5. The first-order chi connectivity index (χ1) is 13.1. The Bertz CT molecular complexity index is 1000. The van der Waals surface area contributed by atoms with Gasteiger partial charge in [-0.2, -0.15) is 10.2 Å². The number of nitrogens with one attached hydrogen (secondary N) is 2. The lowest BCUT2D eigenvalue weighted by molar-refractivity contribution is 0.0949. The average molecular weight is 359 g/mol. The minimum Gasteiger partial charge on any atom is -0.378 e. The summed E-state index contributed by atoms with van der Waals surface area (Å²) in [6.07, 6.45) is 3.33. The summed E-state index contributed by atoms with van der Waals surface area (Å²) in [5, 5.41) is 11.3. The van der Waals surface area contributed by atoms with E-state index in [9.17, 15) is 4.79 Å². The molecule has 1 aliphatic rings. The largest absolute Gasteiger partial charge is 0.378 e. The van der Waals surface area contributed by atoms with Crippen molar-refractivity contribution >= 4 is 17.8 Å². The van der Waals surface area contributed by atoms with E-state index in [4.69, 9.17) is 0 Å². The fourth-order valence-corrected chi connectivity index (χ4v) is 3.33. The highest BCUT2D eigenvalue weighted by molar-refractivity contribution is 5.96. The van der Waals surface area contributed by atoms with Gasteiger partial charge in [-0.15, -0.1) is 0 Å². The fraction of sp³-hybridized carbons (Fsp3) is 0.190. The molecule has 0 saturated carbocycles. The molecule has 0 aliphatic heterocycles. The number of nitrogens with zero attached hydrogens (tertiary/aromatic N) is 3. The molecule has 3 aromatic rings. The molecule has 0 bridgehead atoms. The summed E-state index contributed by atoms with van der Waals surface area (Å²) < 4.78 is 0. The molecule has 0 radical (unpaired) electrons. The van der Waals surface area contributed by atoms with E-state index in [1.807, 2.05) is 61.5 Å². The molecule has 0 saturated heterocycles. The van der Waals surface area contributed by atoms with Gasteiger partial charge < -0.3 is 4.90 Å². The number of carbonyl (C=O) groups is 1. The Morgan fingerprint density at radius 1 is 1.15 bits per heavy atom. The Balaban J connectivity index is 1.48. The SMILES string of the molecule is CN(C)c1ccc(/C=N\NC(=O)c2[nH]nc3c2CCc2ccccc2-3)cc1. The predicted octanol–water partition coefficient (Wildman–Crippen LogP) is 3.01. The third-order valence-corrected chi connectivity index (χ3v) is 4.80. The zero-order valence-electron chi connectivity index (χ0n) is 15.4. The van der Waals surface area contributed by atoms with Crippen LogP contribution in [0.3, 0.4) is 0 Å². The number of fused-ring (bicyclic) bond motifs is 3. The Morgan fingerprint density at radius 3 is 2.70 bits per heavy atom. The predicted molar refractivity (Wildman–Crippen MR) is 107 cm³/mol.